The minimum absolute atomic E-state index is 0.156. The normalized spacial score (nSPS) is 10.5. The van der Waals surface area contributed by atoms with Crippen LogP contribution in [-0.2, 0) is 6.61 Å². The number of aromatic nitrogens is 1. The number of halogens is 2. The van der Waals surface area contributed by atoms with E-state index in [9.17, 15) is 19.6 Å². The molecule has 0 amide bonds. The number of nitro benzene ring substituents is 1. The van der Waals surface area contributed by atoms with Gasteiger partial charge in [-0.3, -0.25) is 15.1 Å². The van der Waals surface area contributed by atoms with Crippen molar-refractivity contribution >= 4 is 21.6 Å². The summed E-state index contributed by atoms with van der Waals surface area (Å²) in [5.74, 6) is -0.529. The van der Waals surface area contributed by atoms with E-state index in [0.29, 0.717) is 5.56 Å². The van der Waals surface area contributed by atoms with Crippen LogP contribution in [0.5, 0.6) is 0 Å². The van der Waals surface area contributed by atoms with Crippen molar-refractivity contribution < 1.29 is 14.4 Å². The van der Waals surface area contributed by atoms with Crippen LogP contribution in [0.2, 0.25) is 0 Å². The number of hydrogen-bond acceptors (Lipinski definition) is 4. The summed E-state index contributed by atoms with van der Waals surface area (Å²) in [6, 6.07) is 3.88. The Bertz CT molecular complexity index is 649. The summed E-state index contributed by atoms with van der Waals surface area (Å²) in [5.41, 5.74) is 0.664. The Morgan fingerprint density at radius 1 is 1.37 bits per heavy atom. The molecule has 19 heavy (non-hydrogen) atoms. The first-order valence-corrected chi connectivity index (χ1v) is 6.01. The lowest BCUT2D eigenvalue weighted by atomic mass is 10.0. The van der Waals surface area contributed by atoms with Gasteiger partial charge in [-0.25, -0.2) is 4.39 Å². The summed E-state index contributed by atoms with van der Waals surface area (Å²) < 4.78 is 14.1. The van der Waals surface area contributed by atoms with Crippen LogP contribution >= 0.6 is 15.9 Å². The van der Waals surface area contributed by atoms with E-state index in [2.05, 4.69) is 20.9 Å². The van der Waals surface area contributed by atoms with Gasteiger partial charge in [-0.15, -0.1) is 0 Å². The second-order valence-electron chi connectivity index (χ2n) is 3.74. The molecular weight excluding hydrogens is 319 g/mol. The predicted octanol–water partition coefficient (Wildman–Crippen LogP) is 3.05. The van der Waals surface area contributed by atoms with Gasteiger partial charge >= 0.3 is 0 Å². The number of nitro groups is 1. The Balaban J connectivity index is 2.62. The minimum atomic E-state index is -0.571. The van der Waals surface area contributed by atoms with E-state index in [-0.39, 0.29) is 21.3 Å². The Hall–Kier alpha value is -1.86. The maximum absolute atomic E-state index is 14.0. The third kappa shape index (κ3) is 2.61. The third-order valence-corrected chi connectivity index (χ3v) is 3.15. The zero-order valence-corrected chi connectivity index (χ0v) is 11.1. The lowest BCUT2D eigenvalue weighted by molar-refractivity contribution is -0.384. The summed E-state index contributed by atoms with van der Waals surface area (Å²) in [7, 11) is 0. The number of aliphatic hydroxyl groups is 1. The van der Waals surface area contributed by atoms with E-state index in [4.69, 9.17) is 0 Å². The fourth-order valence-electron chi connectivity index (χ4n) is 1.69. The van der Waals surface area contributed by atoms with E-state index >= 15 is 0 Å². The Morgan fingerprint density at radius 3 is 2.74 bits per heavy atom. The van der Waals surface area contributed by atoms with Crippen LogP contribution in [0, 0.1) is 15.9 Å². The van der Waals surface area contributed by atoms with Crippen molar-refractivity contribution in [1.29, 1.82) is 0 Å². The summed E-state index contributed by atoms with van der Waals surface area (Å²) in [6.07, 6.45) is 2.61. The van der Waals surface area contributed by atoms with Crippen LogP contribution in [0.15, 0.2) is 35.1 Å². The highest BCUT2D eigenvalue weighted by Gasteiger charge is 2.15. The van der Waals surface area contributed by atoms with Gasteiger partial charge < -0.3 is 5.11 Å². The highest BCUT2D eigenvalue weighted by molar-refractivity contribution is 9.10. The average molecular weight is 327 g/mol. The molecule has 0 radical (unpaired) electrons. The standard InChI is InChI=1S/C12H8BrFN2O3/c13-11-5-15-4-10(12(11)14)9-2-1-8(16(18)19)3-7(9)6-17/h1-5,17H,6H2. The van der Waals surface area contributed by atoms with Gasteiger partial charge in [-0.1, -0.05) is 0 Å². The first-order valence-electron chi connectivity index (χ1n) is 5.22. The van der Waals surface area contributed by atoms with Gasteiger partial charge in [0.2, 0.25) is 0 Å². The van der Waals surface area contributed by atoms with E-state index < -0.39 is 17.3 Å². The maximum atomic E-state index is 14.0. The number of pyridine rings is 1. The molecule has 0 atom stereocenters. The molecule has 0 aliphatic carbocycles. The lowest BCUT2D eigenvalue weighted by Crippen LogP contribution is -1.96. The molecule has 0 saturated heterocycles. The lowest BCUT2D eigenvalue weighted by Gasteiger charge is -2.09. The zero-order valence-electron chi connectivity index (χ0n) is 9.51. The zero-order chi connectivity index (χ0) is 14.0. The van der Waals surface area contributed by atoms with Crippen molar-refractivity contribution in [3.63, 3.8) is 0 Å². The van der Waals surface area contributed by atoms with Crippen LogP contribution in [0.25, 0.3) is 11.1 Å². The molecule has 0 bridgehead atoms. The fourth-order valence-corrected chi connectivity index (χ4v) is 2.03. The number of benzene rings is 1. The fraction of sp³-hybridized carbons (Fsp3) is 0.0833. The Morgan fingerprint density at radius 2 is 2.11 bits per heavy atom. The minimum Gasteiger partial charge on any atom is -0.392 e. The van der Waals surface area contributed by atoms with Crippen molar-refractivity contribution in [2.75, 3.05) is 0 Å². The summed E-state index contributed by atoms with van der Waals surface area (Å²) in [5, 5.41) is 19.9. The molecule has 98 valence electrons. The summed E-state index contributed by atoms with van der Waals surface area (Å²) in [4.78, 5) is 13.9. The molecule has 0 unspecified atom stereocenters. The topological polar surface area (TPSA) is 76.3 Å². The highest BCUT2D eigenvalue weighted by atomic mass is 79.9. The number of rotatable bonds is 3. The van der Waals surface area contributed by atoms with Crippen LogP contribution in [0.4, 0.5) is 10.1 Å². The molecule has 1 aromatic heterocycles. The molecule has 0 fully saturated rings. The smallest absolute Gasteiger partial charge is 0.269 e. The molecule has 1 heterocycles. The van der Waals surface area contributed by atoms with E-state index in [1.807, 2.05) is 0 Å². The number of aliphatic hydroxyl groups excluding tert-OH is 1. The largest absolute Gasteiger partial charge is 0.392 e. The number of non-ortho nitro benzene ring substituents is 1. The van der Waals surface area contributed by atoms with Gasteiger partial charge in [0, 0.05) is 30.1 Å². The van der Waals surface area contributed by atoms with Gasteiger partial charge in [0.15, 0.2) is 0 Å². The van der Waals surface area contributed by atoms with Crippen molar-refractivity contribution in [3.8, 4) is 11.1 Å². The van der Waals surface area contributed by atoms with Crippen LogP contribution in [0.3, 0.4) is 0 Å². The van der Waals surface area contributed by atoms with E-state index in [0.717, 1.165) is 0 Å². The second-order valence-corrected chi connectivity index (χ2v) is 4.59. The maximum Gasteiger partial charge on any atom is 0.269 e. The highest BCUT2D eigenvalue weighted by Crippen LogP contribution is 2.31. The molecular formula is C12H8BrFN2O3. The number of nitrogens with zero attached hydrogens (tertiary/aromatic N) is 2. The molecule has 7 heteroatoms. The van der Waals surface area contributed by atoms with Crippen molar-refractivity contribution in [1.82, 2.24) is 4.98 Å². The summed E-state index contributed by atoms with van der Waals surface area (Å²) in [6.45, 7) is -0.428. The Labute approximate surface area is 116 Å². The monoisotopic (exact) mass is 326 g/mol. The Kier molecular flexibility index (Phi) is 3.87. The van der Waals surface area contributed by atoms with Gasteiger partial charge in [0.05, 0.1) is 16.0 Å². The predicted molar refractivity (Wildman–Crippen MR) is 69.9 cm³/mol. The van der Waals surface area contributed by atoms with Crippen molar-refractivity contribution in [3.05, 3.63) is 56.6 Å². The third-order valence-electron chi connectivity index (χ3n) is 2.60. The SMILES string of the molecule is O=[N+]([O-])c1ccc(-c2cncc(Br)c2F)c(CO)c1. The van der Waals surface area contributed by atoms with Gasteiger partial charge in [0.25, 0.3) is 5.69 Å². The van der Waals surface area contributed by atoms with Gasteiger partial charge in [-0.2, -0.15) is 0 Å². The van der Waals surface area contributed by atoms with E-state index in [1.54, 1.807) is 0 Å². The molecule has 0 aliphatic rings. The number of hydrogen-bond donors (Lipinski definition) is 1. The molecule has 0 spiro atoms. The van der Waals surface area contributed by atoms with Crippen molar-refractivity contribution in [2.24, 2.45) is 0 Å². The molecule has 0 aliphatic heterocycles. The van der Waals surface area contributed by atoms with Crippen LogP contribution in [0.1, 0.15) is 5.56 Å². The van der Waals surface area contributed by atoms with Crippen LogP contribution < -0.4 is 0 Å². The average Bonchev–Trinajstić information content (AvgIpc) is 2.41. The second kappa shape index (κ2) is 5.41. The van der Waals surface area contributed by atoms with Gasteiger partial charge in [0.1, 0.15) is 5.82 Å². The summed E-state index contributed by atoms with van der Waals surface area (Å²) >= 11 is 3.02. The molecule has 0 saturated carbocycles. The molecule has 1 N–H and O–H groups in total. The van der Waals surface area contributed by atoms with Gasteiger partial charge in [-0.05, 0) is 33.1 Å². The molecule has 5 nitrogen and oxygen atoms in total. The molecule has 1 aromatic carbocycles. The first kappa shape index (κ1) is 13.6. The first-order chi connectivity index (χ1) is 9.04. The van der Waals surface area contributed by atoms with E-state index in [1.165, 1.54) is 30.6 Å². The van der Waals surface area contributed by atoms with Crippen LogP contribution in [-0.4, -0.2) is 15.0 Å². The van der Waals surface area contributed by atoms with Crippen molar-refractivity contribution in [2.45, 2.75) is 6.61 Å². The molecule has 2 rings (SSSR count). The quantitative estimate of drug-likeness (QED) is 0.694. The molecule has 2 aromatic rings.